The number of rotatable bonds is 7. The van der Waals surface area contributed by atoms with Crippen molar-refractivity contribution in [1.29, 1.82) is 0 Å². The first-order valence-electron chi connectivity index (χ1n) is 13.4. The summed E-state index contributed by atoms with van der Waals surface area (Å²) in [5.41, 5.74) is 0.105. The number of amides is 1. The van der Waals surface area contributed by atoms with E-state index in [-0.39, 0.29) is 35.5 Å². The van der Waals surface area contributed by atoms with Gasteiger partial charge in [-0.05, 0) is 104 Å². The molecule has 196 valence electrons. The Morgan fingerprint density at radius 3 is 2.50 bits per heavy atom. The van der Waals surface area contributed by atoms with Crippen molar-refractivity contribution in [3.8, 4) is 0 Å². The van der Waals surface area contributed by atoms with Gasteiger partial charge >= 0.3 is 0 Å². The molecule has 0 aromatic rings. The normalized spacial score (nSPS) is 45.1. The lowest BCUT2D eigenvalue weighted by atomic mass is 9.43. The summed E-state index contributed by atoms with van der Waals surface area (Å²) < 4.78 is 30.5. The minimum atomic E-state index is -4.07. The summed E-state index contributed by atoms with van der Waals surface area (Å²) in [5.74, 6) is 2.28. The summed E-state index contributed by atoms with van der Waals surface area (Å²) in [6.45, 7) is 6.86. The van der Waals surface area contributed by atoms with E-state index in [9.17, 15) is 23.4 Å². The van der Waals surface area contributed by atoms with Crippen LogP contribution >= 0.6 is 0 Å². The maximum Gasteiger partial charge on any atom is 0.266 e. The van der Waals surface area contributed by atoms with E-state index in [0.29, 0.717) is 48.3 Å². The molecule has 0 aromatic heterocycles. The average Bonchev–Trinajstić information content (AvgIpc) is 3.11. The topological polar surface area (TPSA) is 124 Å². The Kier molecular flexibility index (Phi) is 7.47. The van der Waals surface area contributed by atoms with Crippen molar-refractivity contribution in [2.45, 2.75) is 97.2 Å². The first-order valence-corrected chi connectivity index (χ1v) is 15.0. The molecule has 0 bridgehead atoms. The number of nitrogens with one attached hydrogen (secondary N) is 1. The fourth-order valence-electron chi connectivity index (χ4n) is 9.13. The zero-order valence-electron chi connectivity index (χ0n) is 21.1. The molecule has 7 nitrogen and oxygen atoms in total. The number of carbonyl (C=O) groups is 1. The second-order valence-corrected chi connectivity index (χ2v) is 14.1. The summed E-state index contributed by atoms with van der Waals surface area (Å²) in [7, 11) is -4.07. The molecule has 1 amide bonds. The highest BCUT2D eigenvalue weighted by Crippen LogP contribution is 2.68. The SMILES string of the molecule is C[C@H](CCC(=O)NCCS(=O)(=O)O)[C@H]1CC[C@@H]2[C@@H]3CC[C@H]4C[C@H](O)CC[C@]4(C)[C@H]3C[C@H](O)[C@@]21C. The van der Waals surface area contributed by atoms with Crippen molar-refractivity contribution >= 4 is 16.0 Å². The molecule has 0 aromatic carbocycles. The van der Waals surface area contributed by atoms with Gasteiger partial charge in [-0.1, -0.05) is 20.8 Å². The quantitative estimate of drug-likeness (QED) is 0.398. The van der Waals surface area contributed by atoms with Gasteiger partial charge in [-0.3, -0.25) is 9.35 Å². The van der Waals surface area contributed by atoms with Crippen molar-refractivity contribution in [1.82, 2.24) is 5.32 Å². The van der Waals surface area contributed by atoms with Crippen LogP contribution in [0.4, 0.5) is 0 Å². The lowest BCUT2D eigenvalue weighted by Crippen LogP contribution is -2.58. The number of aliphatic hydroxyl groups excluding tert-OH is 2. The number of hydrogen-bond donors (Lipinski definition) is 4. The standard InChI is InChI=1S/C26H45NO6S/c1-16(4-9-24(30)27-12-13-34(31,32)33)20-7-8-21-19-6-5-17-14-18(28)10-11-25(17,2)22(19)15-23(29)26(20,21)3/h16-23,28-29H,4-15H2,1-3H3,(H,27,30)(H,31,32,33)/t16-,17+,18-,19+,20-,21-,22+,23+,25+,26-/m1/s1. The monoisotopic (exact) mass is 499 g/mol. The average molecular weight is 500 g/mol. The zero-order chi connectivity index (χ0) is 24.9. The number of carbonyl (C=O) groups excluding carboxylic acids is 1. The third-order valence-electron chi connectivity index (χ3n) is 11.0. The van der Waals surface area contributed by atoms with Gasteiger partial charge in [0.05, 0.1) is 18.0 Å². The van der Waals surface area contributed by atoms with E-state index in [4.69, 9.17) is 4.55 Å². The molecular formula is C26H45NO6S. The lowest BCUT2D eigenvalue weighted by Gasteiger charge is -2.62. The van der Waals surface area contributed by atoms with E-state index in [1.807, 2.05) is 0 Å². The Morgan fingerprint density at radius 2 is 1.79 bits per heavy atom. The highest BCUT2D eigenvalue weighted by molar-refractivity contribution is 7.85. The van der Waals surface area contributed by atoms with Gasteiger partial charge in [0.15, 0.2) is 0 Å². The van der Waals surface area contributed by atoms with Crippen molar-refractivity contribution in [3.05, 3.63) is 0 Å². The van der Waals surface area contributed by atoms with E-state index in [2.05, 4.69) is 26.1 Å². The third kappa shape index (κ3) is 4.81. The van der Waals surface area contributed by atoms with E-state index in [1.54, 1.807) is 0 Å². The molecule has 34 heavy (non-hydrogen) atoms. The summed E-state index contributed by atoms with van der Waals surface area (Å²) >= 11 is 0. The molecule has 4 fully saturated rings. The number of aliphatic hydroxyl groups is 2. The molecule has 0 saturated heterocycles. The maximum atomic E-state index is 12.2. The predicted molar refractivity (Wildman–Crippen MR) is 130 cm³/mol. The van der Waals surface area contributed by atoms with Crippen LogP contribution in [-0.4, -0.2) is 53.6 Å². The van der Waals surface area contributed by atoms with Gasteiger partial charge in [-0.25, -0.2) is 0 Å². The van der Waals surface area contributed by atoms with Crippen molar-refractivity contribution in [2.75, 3.05) is 12.3 Å². The molecule has 8 heteroatoms. The summed E-state index contributed by atoms with van der Waals surface area (Å²) in [6.07, 6.45) is 8.93. The second kappa shape index (κ2) is 9.64. The largest absolute Gasteiger partial charge is 0.393 e. The molecule has 0 spiro atoms. The van der Waals surface area contributed by atoms with Crippen LogP contribution in [0.2, 0.25) is 0 Å². The van der Waals surface area contributed by atoms with Gasteiger partial charge in [0.2, 0.25) is 5.91 Å². The van der Waals surface area contributed by atoms with Crippen molar-refractivity contribution in [2.24, 2.45) is 46.3 Å². The lowest BCUT2D eigenvalue weighted by molar-refractivity contribution is -0.174. The minimum Gasteiger partial charge on any atom is -0.393 e. The van der Waals surface area contributed by atoms with Gasteiger partial charge in [0.1, 0.15) is 0 Å². The van der Waals surface area contributed by atoms with Crippen LogP contribution in [0.5, 0.6) is 0 Å². The van der Waals surface area contributed by atoms with Gasteiger partial charge < -0.3 is 15.5 Å². The van der Waals surface area contributed by atoms with E-state index in [0.717, 1.165) is 38.5 Å². The molecule has 0 unspecified atom stereocenters. The molecule has 0 aliphatic heterocycles. The molecule has 4 saturated carbocycles. The molecule has 4 aliphatic carbocycles. The fraction of sp³-hybridized carbons (Fsp3) is 0.962. The highest BCUT2D eigenvalue weighted by Gasteiger charge is 2.63. The van der Waals surface area contributed by atoms with E-state index in [1.165, 1.54) is 12.8 Å². The Hall–Kier alpha value is -0.700. The minimum absolute atomic E-state index is 0.0756. The first kappa shape index (κ1) is 26.4. The number of fused-ring (bicyclic) bond motifs is 5. The second-order valence-electron chi connectivity index (χ2n) is 12.5. The molecule has 0 radical (unpaired) electrons. The van der Waals surface area contributed by atoms with Crippen LogP contribution in [0, 0.1) is 46.3 Å². The van der Waals surface area contributed by atoms with Crippen LogP contribution in [0.15, 0.2) is 0 Å². The fourth-order valence-corrected chi connectivity index (χ4v) is 9.49. The van der Waals surface area contributed by atoms with Gasteiger partial charge in [-0.15, -0.1) is 0 Å². The van der Waals surface area contributed by atoms with Crippen LogP contribution in [0.1, 0.15) is 85.0 Å². The predicted octanol–water partition coefficient (Wildman–Crippen LogP) is 3.40. The molecular weight excluding hydrogens is 454 g/mol. The molecule has 4 aliphatic rings. The van der Waals surface area contributed by atoms with Gasteiger partial charge in [0, 0.05) is 13.0 Å². The van der Waals surface area contributed by atoms with Gasteiger partial charge in [0.25, 0.3) is 10.1 Å². The number of hydrogen-bond acceptors (Lipinski definition) is 5. The Bertz CT molecular complexity index is 863. The molecule has 4 rings (SSSR count). The third-order valence-corrected chi connectivity index (χ3v) is 11.7. The molecule has 10 atom stereocenters. The Balaban J connectivity index is 1.40. The van der Waals surface area contributed by atoms with E-state index >= 15 is 0 Å². The van der Waals surface area contributed by atoms with Crippen LogP contribution in [-0.2, 0) is 14.9 Å². The smallest absolute Gasteiger partial charge is 0.266 e. The highest BCUT2D eigenvalue weighted by atomic mass is 32.2. The maximum absolute atomic E-state index is 12.2. The first-order chi connectivity index (χ1) is 15.9. The van der Waals surface area contributed by atoms with Crippen LogP contribution < -0.4 is 5.32 Å². The van der Waals surface area contributed by atoms with Crippen LogP contribution in [0.25, 0.3) is 0 Å². The zero-order valence-corrected chi connectivity index (χ0v) is 21.9. The van der Waals surface area contributed by atoms with Crippen molar-refractivity contribution < 1.29 is 28.0 Å². The van der Waals surface area contributed by atoms with Gasteiger partial charge in [-0.2, -0.15) is 8.42 Å². The summed E-state index contributed by atoms with van der Waals surface area (Å²) in [5, 5.41) is 24.5. The Morgan fingerprint density at radius 1 is 1.06 bits per heavy atom. The molecule has 4 N–H and O–H groups in total. The van der Waals surface area contributed by atoms with Crippen molar-refractivity contribution in [3.63, 3.8) is 0 Å². The summed E-state index contributed by atoms with van der Waals surface area (Å²) in [6, 6.07) is 0. The summed E-state index contributed by atoms with van der Waals surface area (Å²) in [4.78, 5) is 12.2. The van der Waals surface area contributed by atoms with Crippen LogP contribution in [0.3, 0.4) is 0 Å². The molecule has 0 heterocycles. The van der Waals surface area contributed by atoms with E-state index < -0.39 is 15.9 Å². The Labute approximate surface area is 205 Å².